The molecule has 1 fully saturated rings. The third-order valence-electron chi connectivity index (χ3n) is 3.71. The first kappa shape index (κ1) is 19.4. The van der Waals surface area contributed by atoms with Crippen molar-refractivity contribution in [2.45, 2.75) is 6.92 Å². The third kappa shape index (κ3) is 4.12. The predicted molar refractivity (Wildman–Crippen MR) is 100 cm³/mol. The average molecular weight is 402 g/mol. The normalized spacial score (nSPS) is 15.3. The van der Waals surface area contributed by atoms with Crippen molar-refractivity contribution in [2.75, 3.05) is 13.2 Å². The lowest BCUT2D eigenvalue weighted by molar-refractivity contribution is -0.384. The van der Waals surface area contributed by atoms with E-state index >= 15 is 0 Å². The van der Waals surface area contributed by atoms with E-state index in [0.29, 0.717) is 28.8 Å². The number of furan rings is 1. The molecule has 1 aromatic carbocycles. The lowest BCUT2D eigenvalue weighted by Gasteiger charge is -2.10. The van der Waals surface area contributed by atoms with Gasteiger partial charge in [0.05, 0.1) is 16.4 Å². The number of hydrogen-bond acceptors (Lipinski definition) is 8. The molecule has 1 saturated heterocycles. The summed E-state index contributed by atoms with van der Waals surface area (Å²) in [6.07, 6.45) is 1.39. The maximum Gasteiger partial charge on any atom is 0.326 e. The number of esters is 1. The second-order valence-corrected chi connectivity index (χ2v) is 6.58. The Morgan fingerprint density at radius 3 is 2.82 bits per heavy atom. The van der Waals surface area contributed by atoms with Crippen LogP contribution in [0.5, 0.6) is 0 Å². The fraction of sp³-hybridized carbons (Fsp3) is 0.167. The van der Waals surface area contributed by atoms with Gasteiger partial charge < -0.3 is 9.15 Å². The number of ether oxygens (including phenoxy) is 1. The summed E-state index contributed by atoms with van der Waals surface area (Å²) in [6, 6.07) is 9.11. The first-order chi connectivity index (χ1) is 13.4. The Morgan fingerprint density at radius 2 is 2.11 bits per heavy atom. The summed E-state index contributed by atoms with van der Waals surface area (Å²) < 4.78 is 10.4. The maximum atomic E-state index is 12.3. The quantitative estimate of drug-likeness (QED) is 0.312. The van der Waals surface area contributed by atoms with Crippen molar-refractivity contribution in [3.63, 3.8) is 0 Å². The summed E-state index contributed by atoms with van der Waals surface area (Å²) >= 11 is 0.690. The highest BCUT2D eigenvalue weighted by Crippen LogP contribution is 2.33. The summed E-state index contributed by atoms with van der Waals surface area (Å²) in [5, 5.41) is 10.3. The Bertz CT molecular complexity index is 995. The molecule has 0 bridgehead atoms. The van der Waals surface area contributed by atoms with Crippen LogP contribution in [-0.4, -0.2) is 40.1 Å². The van der Waals surface area contributed by atoms with E-state index in [4.69, 9.17) is 9.15 Å². The topological polar surface area (TPSA) is 120 Å². The van der Waals surface area contributed by atoms with Gasteiger partial charge in [-0.1, -0.05) is 12.1 Å². The van der Waals surface area contributed by atoms with Crippen molar-refractivity contribution in [1.29, 1.82) is 0 Å². The van der Waals surface area contributed by atoms with Crippen LogP contribution in [0.1, 0.15) is 12.7 Å². The second kappa shape index (κ2) is 8.09. The number of nitro groups is 1. The molecule has 0 unspecified atom stereocenters. The molecule has 0 aliphatic carbocycles. The zero-order valence-electron chi connectivity index (χ0n) is 14.6. The van der Waals surface area contributed by atoms with Gasteiger partial charge in [-0.2, -0.15) is 0 Å². The van der Waals surface area contributed by atoms with Crippen LogP contribution in [0.2, 0.25) is 0 Å². The standard InChI is InChI=1S/C18H14N2O7S/c1-2-26-16(21)10-19-17(22)15(28-18(19)23)9-13-6-7-14(27-13)11-4-3-5-12(8-11)20(24)25/h3-9H,2,10H2,1H3. The lowest BCUT2D eigenvalue weighted by atomic mass is 10.1. The van der Waals surface area contributed by atoms with Crippen LogP contribution in [0, 0.1) is 10.1 Å². The van der Waals surface area contributed by atoms with Crippen molar-refractivity contribution in [3.8, 4) is 11.3 Å². The van der Waals surface area contributed by atoms with Gasteiger partial charge in [-0.25, -0.2) is 0 Å². The lowest BCUT2D eigenvalue weighted by Crippen LogP contribution is -2.34. The van der Waals surface area contributed by atoms with Crippen molar-refractivity contribution in [2.24, 2.45) is 0 Å². The number of amides is 2. The summed E-state index contributed by atoms with van der Waals surface area (Å²) in [4.78, 5) is 47.1. The first-order valence-electron chi connectivity index (χ1n) is 8.14. The maximum absolute atomic E-state index is 12.3. The molecule has 0 saturated carbocycles. The summed E-state index contributed by atoms with van der Waals surface area (Å²) in [7, 11) is 0. The Balaban J connectivity index is 1.79. The smallest absolute Gasteiger partial charge is 0.326 e. The van der Waals surface area contributed by atoms with Gasteiger partial charge in [0.15, 0.2) is 0 Å². The number of benzene rings is 1. The van der Waals surface area contributed by atoms with Crippen molar-refractivity contribution in [1.82, 2.24) is 4.90 Å². The van der Waals surface area contributed by atoms with E-state index in [1.54, 1.807) is 25.1 Å². The molecular formula is C18H14N2O7S. The zero-order chi connectivity index (χ0) is 20.3. The molecule has 2 amide bonds. The molecule has 0 N–H and O–H groups in total. The number of nitro benzene ring substituents is 1. The number of imide groups is 1. The Labute approximate surface area is 163 Å². The molecule has 28 heavy (non-hydrogen) atoms. The minimum atomic E-state index is -0.669. The molecule has 0 spiro atoms. The largest absolute Gasteiger partial charge is 0.465 e. The van der Waals surface area contributed by atoms with Gasteiger partial charge in [-0.05, 0) is 30.8 Å². The van der Waals surface area contributed by atoms with Crippen molar-refractivity contribution in [3.05, 3.63) is 57.2 Å². The molecule has 3 rings (SSSR count). The van der Waals surface area contributed by atoms with Crippen molar-refractivity contribution < 1.29 is 28.5 Å². The van der Waals surface area contributed by atoms with Gasteiger partial charge in [-0.3, -0.25) is 29.4 Å². The molecule has 1 aromatic heterocycles. The molecule has 144 valence electrons. The first-order valence-corrected chi connectivity index (χ1v) is 8.96. The molecule has 1 aliphatic heterocycles. The van der Waals surface area contributed by atoms with Gasteiger partial charge in [0.1, 0.15) is 18.1 Å². The van der Waals surface area contributed by atoms with Gasteiger partial charge in [0.2, 0.25) is 0 Å². The predicted octanol–water partition coefficient (Wildman–Crippen LogP) is 3.45. The Kier molecular flexibility index (Phi) is 5.59. The number of thioether (sulfide) groups is 1. The van der Waals surface area contributed by atoms with E-state index in [9.17, 15) is 24.5 Å². The molecule has 1 aliphatic rings. The van der Waals surface area contributed by atoms with E-state index < -0.39 is 28.6 Å². The summed E-state index contributed by atoms with van der Waals surface area (Å²) in [5.74, 6) is -0.614. The molecule has 0 radical (unpaired) electrons. The van der Waals surface area contributed by atoms with Crippen LogP contribution in [0.25, 0.3) is 17.4 Å². The molecular weight excluding hydrogens is 388 g/mol. The summed E-state index contributed by atoms with van der Waals surface area (Å²) in [6.45, 7) is 1.33. The third-order valence-corrected chi connectivity index (χ3v) is 4.62. The molecule has 2 heterocycles. The van der Waals surface area contributed by atoms with Crippen LogP contribution in [0.15, 0.2) is 45.7 Å². The van der Waals surface area contributed by atoms with Gasteiger partial charge in [0, 0.05) is 23.8 Å². The Morgan fingerprint density at radius 1 is 1.32 bits per heavy atom. The van der Waals surface area contributed by atoms with Crippen molar-refractivity contribution >= 4 is 40.6 Å². The number of carbonyl (C=O) groups is 3. The molecule has 2 aromatic rings. The van der Waals surface area contributed by atoms with Crippen LogP contribution in [0.4, 0.5) is 10.5 Å². The second-order valence-electron chi connectivity index (χ2n) is 5.58. The number of rotatable bonds is 6. The number of hydrogen-bond donors (Lipinski definition) is 0. The van der Waals surface area contributed by atoms with E-state index in [0.717, 1.165) is 4.90 Å². The molecule has 9 nitrogen and oxygen atoms in total. The van der Waals surface area contributed by atoms with Gasteiger partial charge in [0.25, 0.3) is 16.8 Å². The molecule has 10 heteroatoms. The highest BCUT2D eigenvalue weighted by Gasteiger charge is 2.36. The number of carbonyl (C=O) groups excluding carboxylic acids is 3. The van der Waals surface area contributed by atoms with Gasteiger partial charge in [-0.15, -0.1) is 0 Å². The minimum absolute atomic E-state index is 0.0736. The highest BCUT2D eigenvalue weighted by molar-refractivity contribution is 8.18. The van der Waals surface area contributed by atoms with Crippen LogP contribution >= 0.6 is 11.8 Å². The van der Waals surface area contributed by atoms with E-state index in [-0.39, 0.29) is 17.2 Å². The van der Waals surface area contributed by atoms with E-state index in [1.807, 2.05) is 0 Å². The van der Waals surface area contributed by atoms with Crippen LogP contribution in [-0.2, 0) is 14.3 Å². The van der Waals surface area contributed by atoms with E-state index in [1.165, 1.54) is 24.3 Å². The number of non-ortho nitro benzene ring substituents is 1. The monoisotopic (exact) mass is 402 g/mol. The SMILES string of the molecule is CCOC(=O)CN1C(=O)SC(=Cc2ccc(-c3cccc([N+](=O)[O-])c3)o2)C1=O. The van der Waals surface area contributed by atoms with Crippen LogP contribution < -0.4 is 0 Å². The molecule has 0 atom stereocenters. The highest BCUT2D eigenvalue weighted by atomic mass is 32.2. The average Bonchev–Trinajstić information content (AvgIpc) is 3.23. The fourth-order valence-electron chi connectivity index (χ4n) is 2.46. The van der Waals surface area contributed by atoms with Gasteiger partial charge >= 0.3 is 5.97 Å². The van der Waals surface area contributed by atoms with E-state index in [2.05, 4.69) is 0 Å². The number of nitrogens with zero attached hydrogens (tertiary/aromatic N) is 2. The Hall–Kier alpha value is -3.40. The fourth-order valence-corrected chi connectivity index (χ4v) is 3.28. The zero-order valence-corrected chi connectivity index (χ0v) is 15.4. The van der Waals surface area contributed by atoms with Crippen LogP contribution in [0.3, 0.4) is 0 Å². The minimum Gasteiger partial charge on any atom is -0.465 e. The summed E-state index contributed by atoms with van der Waals surface area (Å²) in [5.41, 5.74) is 0.430.